The number of rotatable bonds is 0. The van der Waals surface area contributed by atoms with Gasteiger partial charge >= 0.3 is 0 Å². The number of phenols is 1. The number of hydrogen-bond acceptors (Lipinski definition) is 3. The molecule has 1 aliphatic heterocycles. The molecule has 104 valence electrons. The summed E-state index contributed by atoms with van der Waals surface area (Å²) >= 11 is 0. The number of carbonyl (C=O) groups excluding carboxylic acids is 2. The molecule has 4 nitrogen and oxygen atoms in total. The lowest BCUT2D eigenvalue weighted by atomic mass is 9.76. The molecule has 2 N–H and O–H groups in total. The van der Waals surface area contributed by atoms with E-state index in [1.165, 1.54) is 24.3 Å². The van der Waals surface area contributed by atoms with E-state index in [0.717, 1.165) is 11.1 Å². The number of nitrogens with one attached hydrogen (secondary N) is 1. The van der Waals surface area contributed by atoms with Gasteiger partial charge in [0.2, 0.25) is 11.8 Å². The Kier molecular flexibility index (Phi) is 2.12. The maximum atomic E-state index is 13.7. The molecule has 1 heterocycles. The molecule has 0 saturated carbocycles. The number of hydrogen-bond donors (Lipinski definition) is 2. The molecule has 5 heteroatoms. The first-order valence-electron chi connectivity index (χ1n) is 6.50. The summed E-state index contributed by atoms with van der Waals surface area (Å²) in [5, 5.41) is 12.0. The van der Waals surface area contributed by atoms with E-state index in [4.69, 9.17) is 0 Å². The van der Waals surface area contributed by atoms with Gasteiger partial charge in [0.25, 0.3) is 0 Å². The van der Waals surface area contributed by atoms with Crippen LogP contribution in [0.2, 0.25) is 0 Å². The summed E-state index contributed by atoms with van der Waals surface area (Å²) in [6.07, 6.45) is -0.0707. The summed E-state index contributed by atoms with van der Waals surface area (Å²) in [6.45, 7) is 0. The molecule has 0 aromatic heterocycles. The maximum absolute atomic E-state index is 13.7. The molecule has 2 amide bonds. The van der Waals surface area contributed by atoms with Crippen molar-refractivity contribution in [3.05, 3.63) is 53.3 Å². The fraction of sp³-hybridized carbons (Fsp3) is 0.125. The molecule has 1 atom stereocenters. The third-order valence-corrected chi connectivity index (χ3v) is 4.26. The summed E-state index contributed by atoms with van der Waals surface area (Å²) in [7, 11) is 0. The Hall–Kier alpha value is -2.69. The van der Waals surface area contributed by atoms with Gasteiger partial charge in [-0.15, -0.1) is 0 Å². The highest BCUT2D eigenvalue weighted by Gasteiger charge is 2.55. The van der Waals surface area contributed by atoms with Crippen LogP contribution in [0.25, 0.3) is 11.1 Å². The van der Waals surface area contributed by atoms with E-state index < -0.39 is 23.0 Å². The van der Waals surface area contributed by atoms with Crippen molar-refractivity contribution in [3.63, 3.8) is 0 Å². The monoisotopic (exact) mass is 283 g/mol. The van der Waals surface area contributed by atoms with Crippen molar-refractivity contribution in [2.24, 2.45) is 0 Å². The normalized spacial score (nSPS) is 22.3. The predicted octanol–water partition coefficient (Wildman–Crippen LogP) is 1.84. The number of fused-ring (bicyclic) bond motifs is 5. The number of aromatic hydroxyl groups is 1. The van der Waals surface area contributed by atoms with Gasteiger partial charge in [0.05, 0.1) is 0 Å². The number of carbonyl (C=O) groups is 2. The van der Waals surface area contributed by atoms with E-state index in [0.29, 0.717) is 11.1 Å². The lowest BCUT2D eigenvalue weighted by Crippen LogP contribution is -2.35. The third-order valence-electron chi connectivity index (χ3n) is 4.26. The molecular formula is C16H10FNO3. The SMILES string of the molecule is O=C1CC2(C(=O)N1)c1cc(O)ccc1-c1ccc(F)cc12. The number of amides is 2. The lowest BCUT2D eigenvalue weighted by Gasteiger charge is -2.22. The van der Waals surface area contributed by atoms with Gasteiger partial charge in [0, 0.05) is 6.42 Å². The van der Waals surface area contributed by atoms with Gasteiger partial charge in [-0.25, -0.2) is 4.39 Å². The minimum atomic E-state index is -1.23. The van der Waals surface area contributed by atoms with Crippen LogP contribution < -0.4 is 5.32 Å². The lowest BCUT2D eigenvalue weighted by molar-refractivity contribution is -0.125. The van der Waals surface area contributed by atoms with Gasteiger partial charge < -0.3 is 5.11 Å². The first-order valence-corrected chi connectivity index (χ1v) is 6.50. The zero-order valence-electron chi connectivity index (χ0n) is 10.8. The molecule has 1 aliphatic carbocycles. The average molecular weight is 283 g/mol. The summed E-state index contributed by atoms with van der Waals surface area (Å²) in [5.74, 6) is -1.32. The molecule has 1 saturated heterocycles. The molecular weight excluding hydrogens is 273 g/mol. The van der Waals surface area contributed by atoms with E-state index >= 15 is 0 Å². The highest BCUT2D eigenvalue weighted by atomic mass is 19.1. The first-order chi connectivity index (χ1) is 10.0. The Morgan fingerprint density at radius 3 is 2.38 bits per heavy atom. The van der Waals surface area contributed by atoms with Gasteiger partial charge in [-0.2, -0.15) is 0 Å². The fourth-order valence-corrected chi connectivity index (χ4v) is 3.40. The van der Waals surface area contributed by atoms with Crippen molar-refractivity contribution in [1.82, 2.24) is 5.32 Å². The van der Waals surface area contributed by atoms with Gasteiger partial charge in [-0.1, -0.05) is 12.1 Å². The van der Waals surface area contributed by atoms with Gasteiger partial charge in [-0.3, -0.25) is 14.9 Å². The van der Waals surface area contributed by atoms with Crippen LogP contribution in [0.5, 0.6) is 5.75 Å². The van der Waals surface area contributed by atoms with Crippen LogP contribution in [0, 0.1) is 5.82 Å². The van der Waals surface area contributed by atoms with E-state index in [-0.39, 0.29) is 12.2 Å². The Balaban J connectivity index is 2.12. The second kappa shape index (κ2) is 3.69. The summed E-state index contributed by atoms with van der Waals surface area (Å²) in [5.41, 5.74) is 1.25. The van der Waals surface area contributed by atoms with Crippen LogP contribution in [0.1, 0.15) is 17.5 Å². The van der Waals surface area contributed by atoms with Crippen LogP contribution in [-0.2, 0) is 15.0 Å². The largest absolute Gasteiger partial charge is 0.508 e. The Morgan fingerprint density at radius 1 is 1.05 bits per heavy atom. The summed E-state index contributed by atoms with van der Waals surface area (Å²) in [4.78, 5) is 24.1. The molecule has 21 heavy (non-hydrogen) atoms. The standard InChI is InChI=1S/C16H10FNO3/c17-8-1-3-10-11-4-2-9(19)6-13(11)16(12(10)5-8)7-14(20)18-15(16)21/h1-6,19H,7H2,(H,18,20,21). The van der Waals surface area contributed by atoms with Crippen molar-refractivity contribution in [2.75, 3.05) is 0 Å². The van der Waals surface area contributed by atoms with Gasteiger partial charge in [-0.05, 0) is 46.5 Å². The van der Waals surface area contributed by atoms with E-state index in [2.05, 4.69) is 5.32 Å². The smallest absolute Gasteiger partial charge is 0.242 e. The molecule has 1 unspecified atom stereocenters. The number of imide groups is 1. The molecule has 1 fully saturated rings. The quantitative estimate of drug-likeness (QED) is 0.725. The van der Waals surface area contributed by atoms with Crippen LogP contribution >= 0.6 is 0 Å². The van der Waals surface area contributed by atoms with Crippen molar-refractivity contribution in [2.45, 2.75) is 11.8 Å². The Morgan fingerprint density at radius 2 is 1.71 bits per heavy atom. The second-order valence-corrected chi connectivity index (χ2v) is 5.38. The minimum Gasteiger partial charge on any atom is -0.508 e. The van der Waals surface area contributed by atoms with Crippen LogP contribution in [0.15, 0.2) is 36.4 Å². The Labute approximate surface area is 119 Å². The highest BCUT2D eigenvalue weighted by Crippen LogP contribution is 2.53. The first kappa shape index (κ1) is 12.1. The van der Waals surface area contributed by atoms with Crippen molar-refractivity contribution in [1.29, 1.82) is 0 Å². The van der Waals surface area contributed by atoms with E-state index in [9.17, 15) is 19.1 Å². The van der Waals surface area contributed by atoms with Gasteiger partial charge in [0.1, 0.15) is 17.0 Å². The molecule has 2 aromatic carbocycles. The van der Waals surface area contributed by atoms with Crippen LogP contribution in [0.4, 0.5) is 4.39 Å². The van der Waals surface area contributed by atoms with E-state index in [1.54, 1.807) is 12.1 Å². The van der Waals surface area contributed by atoms with E-state index in [1.807, 2.05) is 0 Å². The zero-order chi connectivity index (χ0) is 14.8. The topological polar surface area (TPSA) is 66.4 Å². The number of phenolic OH excluding ortho intramolecular Hbond substituents is 1. The number of benzene rings is 2. The predicted molar refractivity (Wildman–Crippen MR) is 72.0 cm³/mol. The molecule has 4 rings (SSSR count). The van der Waals surface area contributed by atoms with Crippen molar-refractivity contribution in [3.8, 4) is 16.9 Å². The zero-order valence-corrected chi connectivity index (χ0v) is 10.8. The molecule has 1 spiro atoms. The van der Waals surface area contributed by atoms with Crippen molar-refractivity contribution >= 4 is 11.8 Å². The molecule has 2 aliphatic rings. The maximum Gasteiger partial charge on any atom is 0.242 e. The fourth-order valence-electron chi connectivity index (χ4n) is 3.40. The van der Waals surface area contributed by atoms with Crippen molar-refractivity contribution < 1.29 is 19.1 Å². The minimum absolute atomic E-state index is 0.00792. The van der Waals surface area contributed by atoms with Gasteiger partial charge in [0.15, 0.2) is 0 Å². The average Bonchev–Trinajstić information content (AvgIpc) is 2.87. The summed E-state index contributed by atoms with van der Waals surface area (Å²) < 4.78 is 13.7. The molecule has 2 aromatic rings. The Bertz CT molecular complexity index is 777. The van der Waals surface area contributed by atoms with Crippen LogP contribution in [-0.4, -0.2) is 16.9 Å². The molecule has 0 radical (unpaired) electrons. The summed E-state index contributed by atoms with van der Waals surface area (Å²) in [6, 6.07) is 8.90. The number of halogens is 1. The van der Waals surface area contributed by atoms with Crippen LogP contribution in [0.3, 0.4) is 0 Å². The highest BCUT2D eigenvalue weighted by molar-refractivity contribution is 6.14. The third kappa shape index (κ3) is 1.38. The second-order valence-electron chi connectivity index (χ2n) is 5.38. The molecule has 0 bridgehead atoms.